The van der Waals surface area contributed by atoms with Gasteiger partial charge in [0.1, 0.15) is 0 Å². The number of amides is 1. The van der Waals surface area contributed by atoms with Gasteiger partial charge in [0.15, 0.2) is 0 Å². The van der Waals surface area contributed by atoms with E-state index in [0.29, 0.717) is 36.8 Å². The summed E-state index contributed by atoms with van der Waals surface area (Å²) in [5.74, 6) is 1.35. The molecule has 0 radical (unpaired) electrons. The van der Waals surface area contributed by atoms with Crippen LogP contribution in [-0.2, 0) is 11.2 Å². The first-order valence-electron chi connectivity index (χ1n) is 7.80. The number of thiophene rings is 1. The van der Waals surface area contributed by atoms with Crippen molar-refractivity contribution in [3.8, 4) is 0 Å². The van der Waals surface area contributed by atoms with E-state index in [9.17, 15) is 4.79 Å². The van der Waals surface area contributed by atoms with Gasteiger partial charge in [-0.05, 0) is 54.7 Å². The van der Waals surface area contributed by atoms with Crippen LogP contribution in [0.15, 0.2) is 11.4 Å². The maximum atomic E-state index is 12.7. The average molecular weight is 292 g/mol. The van der Waals surface area contributed by atoms with Crippen LogP contribution in [0.1, 0.15) is 49.1 Å². The molecular formula is C16H24N2OS. The van der Waals surface area contributed by atoms with Crippen molar-refractivity contribution in [2.75, 3.05) is 13.1 Å². The van der Waals surface area contributed by atoms with Gasteiger partial charge in [0.2, 0.25) is 5.91 Å². The van der Waals surface area contributed by atoms with Crippen molar-refractivity contribution in [2.45, 2.75) is 45.1 Å². The highest BCUT2D eigenvalue weighted by Gasteiger charge is 2.41. The SMILES string of the molecule is CCC(CN)CC(=O)N1CCc2sccc2C1C1CC1. The van der Waals surface area contributed by atoms with Gasteiger partial charge in [-0.2, -0.15) is 0 Å². The molecule has 3 nitrogen and oxygen atoms in total. The van der Waals surface area contributed by atoms with Crippen LogP contribution in [0.2, 0.25) is 0 Å². The molecule has 0 saturated heterocycles. The number of hydrogen-bond donors (Lipinski definition) is 1. The minimum atomic E-state index is 0.316. The Hall–Kier alpha value is -0.870. The molecule has 3 rings (SSSR count). The molecule has 1 aromatic heterocycles. The van der Waals surface area contributed by atoms with Gasteiger partial charge in [-0.15, -0.1) is 11.3 Å². The zero-order chi connectivity index (χ0) is 14.1. The van der Waals surface area contributed by atoms with E-state index in [1.165, 1.54) is 23.3 Å². The van der Waals surface area contributed by atoms with Crippen LogP contribution in [0.3, 0.4) is 0 Å². The molecule has 1 saturated carbocycles. The predicted molar refractivity (Wildman–Crippen MR) is 82.7 cm³/mol. The Bertz CT molecular complexity index is 477. The lowest BCUT2D eigenvalue weighted by Crippen LogP contribution is -2.41. The van der Waals surface area contributed by atoms with Gasteiger partial charge in [-0.25, -0.2) is 0 Å². The molecule has 110 valence electrons. The number of carbonyl (C=O) groups excluding carboxylic acids is 1. The van der Waals surface area contributed by atoms with Crippen molar-refractivity contribution in [1.82, 2.24) is 4.90 Å². The highest BCUT2D eigenvalue weighted by molar-refractivity contribution is 7.10. The van der Waals surface area contributed by atoms with Crippen molar-refractivity contribution in [3.05, 3.63) is 21.9 Å². The Labute approximate surface area is 125 Å². The number of fused-ring (bicyclic) bond motifs is 1. The van der Waals surface area contributed by atoms with Crippen molar-refractivity contribution in [3.63, 3.8) is 0 Å². The zero-order valence-corrected chi connectivity index (χ0v) is 13.0. The molecule has 4 heteroatoms. The van der Waals surface area contributed by atoms with Crippen LogP contribution in [0.5, 0.6) is 0 Å². The number of nitrogens with two attached hydrogens (primary N) is 1. The van der Waals surface area contributed by atoms with Crippen molar-refractivity contribution < 1.29 is 4.79 Å². The van der Waals surface area contributed by atoms with Gasteiger partial charge >= 0.3 is 0 Å². The van der Waals surface area contributed by atoms with Crippen molar-refractivity contribution in [2.24, 2.45) is 17.6 Å². The van der Waals surface area contributed by atoms with Crippen molar-refractivity contribution in [1.29, 1.82) is 0 Å². The van der Waals surface area contributed by atoms with E-state index >= 15 is 0 Å². The van der Waals surface area contributed by atoms with Gasteiger partial charge < -0.3 is 10.6 Å². The summed E-state index contributed by atoms with van der Waals surface area (Å²) >= 11 is 1.85. The summed E-state index contributed by atoms with van der Waals surface area (Å²) in [6, 6.07) is 2.59. The zero-order valence-electron chi connectivity index (χ0n) is 12.2. The van der Waals surface area contributed by atoms with E-state index in [4.69, 9.17) is 5.73 Å². The maximum Gasteiger partial charge on any atom is 0.223 e. The summed E-state index contributed by atoms with van der Waals surface area (Å²) in [5, 5.41) is 2.18. The molecule has 1 fully saturated rings. The fourth-order valence-corrected chi connectivity index (χ4v) is 4.22. The Morgan fingerprint density at radius 2 is 2.35 bits per heavy atom. The quantitative estimate of drug-likeness (QED) is 0.907. The Morgan fingerprint density at radius 3 is 3.00 bits per heavy atom. The second-order valence-corrected chi connectivity index (χ2v) is 7.13. The molecule has 1 aliphatic heterocycles. The van der Waals surface area contributed by atoms with Crippen LogP contribution < -0.4 is 5.73 Å². The first-order valence-corrected chi connectivity index (χ1v) is 8.68. The van der Waals surface area contributed by atoms with Crippen LogP contribution in [0.4, 0.5) is 0 Å². The van der Waals surface area contributed by atoms with Gasteiger partial charge in [0, 0.05) is 17.8 Å². The maximum absolute atomic E-state index is 12.7. The number of hydrogen-bond acceptors (Lipinski definition) is 3. The fourth-order valence-electron chi connectivity index (χ4n) is 3.30. The lowest BCUT2D eigenvalue weighted by Gasteiger charge is -2.37. The van der Waals surface area contributed by atoms with E-state index < -0.39 is 0 Å². The van der Waals surface area contributed by atoms with Gasteiger partial charge in [0.25, 0.3) is 0 Å². The third-order valence-corrected chi connectivity index (χ3v) is 5.77. The summed E-state index contributed by atoms with van der Waals surface area (Å²) in [4.78, 5) is 16.3. The minimum Gasteiger partial charge on any atom is -0.335 e. The Morgan fingerprint density at radius 1 is 1.55 bits per heavy atom. The van der Waals surface area contributed by atoms with E-state index in [-0.39, 0.29) is 0 Å². The summed E-state index contributed by atoms with van der Waals surface area (Å²) in [5.41, 5.74) is 7.19. The first-order chi connectivity index (χ1) is 9.74. The molecule has 2 unspecified atom stereocenters. The molecule has 1 aromatic rings. The van der Waals surface area contributed by atoms with Crippen molar-refractivity contribution >= 4 is 17.2 Å². The highest BCUT2D eigenvalue weighted by Crippen LogP contribution is 2.48. The van der Waals surface area contributed by atoms with Gasteiger partial charge in [-0.3, -0.25) is 4.79 Å². The molecule has 2 atom stereocenters. The van der Waals surface area contributed by atoms with Crippen LogP contribution >= 0.6 is 11.3 Å². The van der Waals surface area contributed by atoms with E-state index in [1.54, 1.807) is 0 Å². The number of nitrogens with zero attached hydrogens (tertiary/aromatic N) is 1. The van der Waals surface area contributed by atoms with Gasteiger partial charge in [-0.1, -0.05) is 13.3 Å². The van der Waals surface area contributed by atoms with Gasteiger partial charge in [0.05, 0.1) is 6.04 Å². The smallest absolute Gasteiger partial charge is 0.223 e. The lowest BCUT2D eigenvalue weighted by atomic mass is 9.94. The molecule has 0 spiro atoms. The standard InChI is InChI=1S/C16H24N2OS/c1-2-11(10-17)9-15(19)18-7-5-14-13(6-8-20-14)16(18)12-3-4-12/h6,8,11-12,16H,2-5,7,9-10,17H2,1H3. The first kappa shape index (κ1) is 14.1. The molecule has 20 heavy (non-hydrogen) atoms. The molecule has 0 bridgehead atoms. The minimum absolute atomic E-state index is 0.316. The van der Waals surface area contributed by atoms with Crippen LogP contribution in [0, 0.1) is 11.8 Å². The molecule has 1 aliphatic carbocycles. The van der Waals surface area contributed by atoms with E-state index in [1.807, 2.05) is 11.3 Å². The predicted octanol–water partition coefficient (Wildman–Crippen LogP) is 2.96. The average Bonchev–Trinajstić information content (AvgIpc) is 3.19. The van der Waals surface area contributed by atoms with Crippen LogP contribution in [-0.4, -0.2) is 23.9 Å². The molecule has 2 N–H and O–H groups in total. The van der Waals surface area contributed by atoms with E-state index in [0.717, 1.165) is 19.4 Å². The molecule has 1 amide bonds. The Kier molecular flexibility index (Phi) is 4.13. The number of rotatable bonds is 5. The largest absolute Gasteiger partial charge is 0.335 e. The third-order valence-electron chi connectivity index (χ3n) is 4.78. The fraction of sp³-hybridized carbons (Fsp3) is 0.688. The lowest BCUT2D eigenvalue weighted by molar-refractivity contribution is -0.135. The highest BCUT2D eigenvalue weighted by atomic mass is 32.1. The third kappa shape index (κ3) is 2.63. The molecular weight excluding hydrogens is 268 g/mol. The Balaban J connectivity index is 1.77. The van der Waals surface area contributed by atoms with E-state index in [2.05, 4.69) is 23.3 Å². The summed E-state index contributed by atoms with van der Waals surface area (Å²) in [6.07, 6.45) is 5.20. The second-order valence-electron chi connectivity index (χ2n) is 6.13. The summed E-state index contributed by atoms with van der Waals surface area (Å²) < 4.78 is 0. The topological polar surface area (TPSA) is 46.3 Å². The molecule has 2 aliphatic rings. The normalized spacial score (nSPS) is 23.5. The monoisotopic (exact) mass is 292 g/mol. The summed E-state index contributed by atoms with van der Waals surface area (Å²) in [7, 11) is 0. The van der Waals surface area contributed by atoms with Crippen LogP contribution in [0.25, 0.3) is 0 Å². The number of carbonyl (C=O) groups is 1. The summed E-state index contributed by atoms with van der Waals surface area (Å²) in [6.45, 7) is 3.64. The second kappa shape index (κ2) is 5.86. The molecule has 0 aromatic carbocycles. The molecule has 2 heterocycles.